The van der Waals surface area contributed by atoms with Crippen molar-refractivity contribution in [2.45, 2.75) is 399 Å². The quantitative estimate of drug-likeness (QED) is 0.0146. The lowest BCUT2D eigenvalue weighted by atomic mass is 10.0. The maximum atomic E-state index is 13.0. The van der Waals surface area contributed by atoms with Crippen LogP contribution in [0.4, 0.5) is 0 Å². The van der Waals surface area contributed by atoms with Gasteiger partial charge in [-0.25, -0.2) is 9.13 Å². The van der Waals surface area contributed by atoms with Crippen molar-refractivity contribution in [2.75, 3.05) is 39.6 Å². The predicted octanol–water partition coefficient (Wildman–Crippen LogP) is 28.7. The van der Waals surface area contributed by atoms with Gasteiger partial charge in [0.2, 0.25) is 0 Å². The number of allylic oxidation sites excluding steroid dienone is 28. The summed E-state index contributed by atoms with van der Waals surface area (Å²) in [5.74, 6) is -1.58. The van der Waals surface area contributed by atoms with E-state index in [1.807, 2.05) is 0 Å². The van der Waals surface area contributed by atoms with E-state index in [1.165, 1.54) is 135 Å². The Hall–Kier alpha value is -5.09. The third-order valence-electron chi connectivity index (χ3n) is 19.4. The summed E-state index contributed by atoms with van der Waals surface area (Å²) < 4.78 is 61.5. The van der Waals surface area contributed by atoms with Crippen molar-refractivity contribution >= 4 is 33.6 Å². The lowest BCUT2D eigenvalue weighted by Gasteiger charge is -2.21. The standard InChI is InChI=1S/C99H168O16P2/c1-4-7-10-13-16-19-22-25-28-31-33-35-37-39-41-43-45-46-48-50-51-53-55-57-59-62-64-67-70-73-76-79-82-85-97(102)109-88-94(100)89-111-116(105,106)112-90-95(101)91-113-117(107,108)114-93-96(115-99(104)87-84-81-78-75-72-69-66-61-30-27-24-21-18-15-12-9-6-3)92-110-98(103)86-83-80-77-74-71-68-65-63-60-58-56-54-52-49-47-44-42-40-38-36-34-32-29-26-23-20-17-14-11-8-5-2/h7-12,16-21,25-30,33-36,39-42,47,49,94-96,100-101H,4-6,13-15,22-24,31-32,37-38,43-46,48,50-93H2,1-3H3,(H,105,106)(H,107,108)/b10-7-,11-8-,12-9-,19-16-,20-17-,21-18-,28-25-,29-26-,30-27-,35-33-,36-34-,41-39-,42-40-,49-47-. The molecule has 0 aromatic carbocycles. The normalized spacial score (nSPS) is 14.6. The van der Waals surface area contributed by atoms with Crippen LogP contribution in [0.5, 0.6) is 0 Å². The van der Waals surface area contributed by atoms with Gasteiger partial charge in [-0.15, -0.1) is 0 Å². The molecule has 0 saturated carbocycles. The van der Waals surface area contributed by atoms with Crippen LogP contribution in [0.15, 0.2) is 170 Å². The maximum absolute atomic E-state index is 13.0. The van der Waals surface area contributed by atoms with Crippen LogP contribution in [-0.4, -0.2) is 95.9 Å². The summed E-state index contributed by atoms with van der Waals surface area (Å²) in [4.78, 5) is 59.0. The van der Waals surface area contributed by atoms with Crippen molar-refractivity contribution in [3.05, 3.63) is 170 Å². The van der Waals surface area contributed by atoms with Crippen LogP contribution >= 0.6 is 15.6 Å². The number of hydrogen-bond acceptors (Lipinski definition) is 14. The molecular weight excluding hydrogens is 1510 g/mol. The average Bonchev–Trinajstić information content (AvgIpc) is 0.894. The Morgan fingerprint density at radius 3 is 0.675 bits per heavy atom. The lowest BCUT2D eigenvalue weighted by molar-refractivity contribution is -0.161. The Morgan fingerprint density at radius 2 is 0.427 bits per heavy atom. The summed E-state index contributed by atoms with van der Waals surface area (Å²) in [5, 5.41) is 20.7. The second-order valence-corrected chi connectivity index (χ2v) is 33.6. The van der Waals surface area contributed by atoms with Gasteiger partial charge >= 0.3 is 33.6 Å². The van der Waals surface area contributed by atoms with Gasteiger partial charge < -0.3 is 34.2 Å². The Bertz CT molecular complexity index is 2810. The summed E-state index contributed by atoms with van der Waals surface area (Å²) in [6, 6.07) is 0. The first-order valence-electron chi connectivity index (χ1n) is 46.4. The van der Waals surface area contributed by atoms with Gasteiger partial charge in [0.1, 0.15) is 25.4 Å². The molecule has 0 saturated heterocycles. The Kier molecular flexibility index (Phi) is 86.2. The van der Waals surface area contributed by atoms with Crippen LogP contribution < -0.4 is 0 Å². The fourth-order valence-corrected chi connectivity index (χ4v) is 14.1. The van der Waals surface area contributed by atoms with Gasteiger partial charge in [-0.05, 0) is 148 Å². The van der Waals surface area contributed by atoms with Crippen molar-refractivity contribution in [2.24, 2.45) is 0 Å². The average molecular weight is 1680 g/mol. The van der Waals surface area contributed by atoms with Gasteiger partial charge in [-0.3, -0.25) is 32.5 Å². The van der Waals surface area contributed by atoms with E-state index in [-0.39, 0.29) is 19.3 Å². The van der Waals surface area contributed by atoms with Gasteiger partial charge in [0.05, 0.1) is 26.4 Å². The van der Waals surface area contributed by atoms with E-state index in [1.54, 1.807) is 0 Å². The molecule has 0 heterocycles. The fraction of sp³-hybridized carbons (Fsp3) is 0.687. The first-order chi connectivity index (χ1) is 57.2. The largest absolute Gasteiger partial charge is 0.472 e. The van der Waals surface area contributed by atoms with Gasteiger partial charge in [0, 0.05) is 19.3 Å². The SMILES string of the molecule is CC/C=C\C/C=C\C/C=C\C/C=C\C/C=C\C/C=C\CCCCCCCCCCCCCCC(=O)OCC(COP(=O)(O)OCC(O)COP(=O)(O)OCC(O)COC(=O)CCCCCCCCCCCCCCCCCCC/C=C\C/C=C\C/C=C\C/C=C\C/C=C\CC)OC(=O)CCCCCCCCC/C=C\C/C=C\C/C=C\CC. The topological polar surface area (TPSA) is 231 Å². The molecule has 0 aromatic heterocycles. The van der Waals surface area contributed by atoms with E-state index in [2.05, 4.69) is 191 Å². The van der Waals surface area contributed by atoms with Crippen molar-refractivity contribution < 1.29 is 75.8 Å². The number of phosphoric ester groups is 2. The first-order valence-corrected chi connectivity index (χ1v) is 49.4. The van der Waals surface area contributed by atoms with Crippen LogP contribution in [-0.2, 0) is 55.8 Å². The maximum Gasteiger partial charge on any atom is 0.472 e. The Balaban J connectivity index is 4.50. The predicted molar refractivity (Wildman–Crippen MR) is 491 cm³/mol. The summed E-state index contributed by atoms with van der Waals surface area (Å²) in [5.41, 5.74) is 0. The Morgan fingerprint density at radius 1 is 0.239 bits per heavy atom. The molecule has 0 radical (unpaired) electrons. The molecule has 0 spiro atoms. The fourth-order valence-electron chi connectivity index (χ4n) is 12.5. The molecule has 0 bridgehead atoms. The second kappa shape index (κ2) is 90.2. The van der Waals surface area contributed by atoms with Gasteiger partial charge in [-0.1, -0.05) is 384 Å². The van der Waals surface area contributed by atoms with E-state index in [9.17, 15) is 43.5 Å². The molecule has 5 unspecified atom stereocenters. The van der Waals surface area contributed by atoms with E-state index in [0.29, 0.717) is 19.3 Å². The number of carbonyl (C=O) groups is 3. The summed E-state index contributed by atoms with van der Waals surface area (Å²) >= 11 is 0. The second-order valence-electron chi connectivity index (χ2n) is 30.7. The van der Waals surface area contributed by atoms with Crippen molar-refractivity contribution in [3.8, 4) is 0 Å². The van der Waals surface area contributed by atoms with Gasteiger partial charge in [0.25, 0.3) is 0 Å². The number of phosphoric acid groups is 2. The molecule has 670 valence electrons. The zero-order valence-corrected chi connectivity index (χ0v) is 75.6. The molecule has 4 N–H and O–H groups in total. The van der Waals surface area contributed by atoms with E-state index in [0.717, 1.165) is 186 Å². The van der Waals surface area contributed by atoms with Gasteiger partial charge in [0.15, 0.2) is 6.10 Å². The van der Waals surface area contributed by atoms with Crippen LogP contribution in [0.2, 0.25) is 0 Å². The minimum Gasteiger partial charge on any atom is -0.463 e. The van der Waals surface area contributed by atoms with Crippen LogP contribution in [0.25, 0.3) is 0 Å². The number of ether oxygens (including phenoxy) is 3. The van der Waals surface area contributed by atoms with Crippen LogP contribution in [0.3, 0.4) is 0 Å². The third kappa shape index (κ3) is 91.5. The number of esters is 3. The summed E-state index contributed by atoms with van der Waals surface area (Å²) in [7, 11) is -9.81. The number of carbonyl (C=O) groups excluding carboxylic acids is 3. The molecule has 0 aliphatic heterocycles. The molecule has 117 heavy (non-hydrogen) atoms. The van der Waals surface area contributed by atoms with Crippen LogP contribution in [0, 0.1) is 0 Å². The number of rotatable bonds is 87. The van der Waals surface area contributed by atoms with Crippen LogP contribution in [0.1, 0.15) is 380 Å². The van der Waals surface area contributed by atoms with E-state index in [4.69, 9.17) is 32.3 Å². The molecule has 0 rings (SSSR count). The highest BCUT2D eigenvalue weighted by atomic mass is 31.2. The zero-order chi connectivity index (χ0) is 85.1. The highest BCUT2D eigenvalue weighted by Crippen LogP contribution is 2.45. The monoisotopic (exact) mass is 1680 g/mol. The number of hydrogen-bond donors (Lipinski definition) is 4. The van der Waals surface area contributed by atoms with E-state index < -0.39 is 91.5 Å². The van der Waals surface area contributed by atoms with E-state index >= 15 is 0 Å². The summed E-state index contributed by atoms with van der Waals surface area (Å²) in [6.07, 6.45) is 117. The zero-order valence-electron chi connectivity index (χ0n) is 73.8. The lowest BCUT2D eigenvalue weighted by Crippen LogP contribution is -2.30. The van der Waals surface area contributed by atoms with Crippen molar-refractivity contribution in [1.82, 2.24) is 0 Å². The molecular formula is C99H168O16P2. The molecule has 16 nitrogen and oxygen atoms in total. The molecule has 0 aromatic rings. The number of aliphatic hydroxyl groups excluding tert-OH is 2. The first kappa shape index (κ1) is 112. The molecule has 5 atom stereocenters. The molecule has 0 fully saturated rings. The number of unbranched alkanes of at least 4 members (excludes halogenated alkanes) is 36. The Labute approximate surface area is 713 Å². The molecule has 0 aliphatic rings. The minimum absolute atomic E-state index is 0.0898. The van der Waals surface area contributed by atoms with Crippen molar-refractivity contribution in [1.29, 1.82) is 0 Å². The van der Waals surface area contributed by atoms with Crippen molar-refractivity contribution in [3.63, 3.8) is 0 Å². The molecule has 0 amide bonds. The molecule has 18 heteroatoms. The highest BCUT2D eigenvalue weighted by Gasteiger charge is 2.29. The smallest absolute Gasteiger partial charge is 0.463 e. The highest BCUT2D eigenvalue weighted by molar-refractivity contribution is 7.47. The number of aliphatic hydroxyl groups is 2. The minimum atomic E-state index is -4.94. The van der Waals surface area contributed by atoms with Gasteiger partial charge in [-0.2, -0.15) is 0 Å². The summed E-state index contributed by atoms with van der Waals surface area (Å²) in [6.45, 7) is 2.37. The third-order valence-corrected chi connectivity index (χ3v) is 21.3. The molecule has 0 aliphatic carbocycles.